The van der Waals surface area contributed by atoms with Crippen molar-refractivity contribution in [3.8, 4) is 5.75 Å². The Hall–Kier alpha value is -2.34. The van der Waals surface area contributed by atoms with Crippen LogP contribution in [0.1, 0.15) is 34.8 Å². The van der Waals surface area contributed by atoms with Crippen molar-refractivity contribution in [2.75, 3.05) is 7.05 Å². The van der Waals surface area contributed by atoms with Crippen molar-refractivity contribution in [2.45, 2.75) is 19.6 Å². The predicted octanol–water partition coefficient (Wildman–Crippen LogP) is 2.15. The van der Waals surface area contributed by atoms with Crippen LogP contribution in [-0.4, -0.2) is 23.0 Å². The van der Waals surface area contributed by atoms with E-state index in [0.717, 1.165) is 0 Å². The summed E-state index contributed by atoms with van der Waals surface area (Å²) in [6.45, 7) is 1.44. The van der Waals surface area contributed by atoms with Gasteiger partial charge in [0.25, 0.3) is 5.91 Å². The molecule has 0 fully saturated rings. The average Bonchev–Trinajstić information content (AvgIpc) is 2.89. The zero-order chi connectivity index (χ0) is 15.4. The minimum atomic E-state index is -0.572. The van der Waals surface area contributed by atoms with Crippen molar-refractivity contribution < 1.29 is 19.0 Å². The number of aliphatic hydroxyl groups excluding tert-OH is 1. The van der Waals surface area contributed by atoms with Crippen LogP contribution in [0, 0.1) is 5.82 Å². The van der Waals surface area contributed by atoms with Crippen LogP contribution >= 0.6 is 0 Å². The maximum Gasteiger partial charge on any atom is 0.271 e. The molecule has 0 aliphatic heterocycles. The van der Waals surface area contributed by atoms with Crippen molar-refractivity contribution >= 4 is 5.91 Å². The van der Waals surface area contributed by atoms with Gasteiger partial charge in [0, 0.05) is 24.4 Å². The van der Waals surface area contributed by atoms with Gasteiger partial charge in [-0.1, -0.05) is 18.2 Å². The summed E-state index contributed by atoms with van der Waals surface area (Å²) in [5, 5.41) is 11.6. The van der Waals surface area contributed by atoms with Crippen molar-refractivity contribution in [2.24, 2.45) is 0 Å². The minimum Gasteiger partial charge on any atom is -0.483 e. The third kappa shape index (κ3) is 3.22. The molecule has 0 radical (unpaired) electrons. The number of nitrogens with one attached hydrogen (secondary N) is 2. The summed E-state index contributed by atoms with van der Waals surface area (Å²) in [4.78, 5) is 14.5. The summed E-state index contributed by atoms with van der Waals surface area (Å²) in [5.74, 6) is -0.469. The van der Waals surface area contributed by atoms with Crippen molar-refractivity contribution in [3.05, 3.63) is 53.1 Å². The highest BCUT2D eigenvalue weighted by Crippen LogP contribution is 2.27. The van der Waals surface area contributed by atoms with Crippen molar-refractivity contribution in [1.82, 2.24) is 10.3 Å². The number of rotatable bonds is 5. The van der Waals surface area contributed by atoms with E-state index in [9.17, 15) is 9.18 Å². The van der Waals surface area contributed by atoms with Crippen LogP contribution in [0.15, 0.2) is 30.3 Å². The molecular weight excluding hydrogens is 275 g/mol. The van der Waals surface area contributed by atoms with Crippen LogP contribution in [0.4, 0.5) is 4.39 Å². The number of hydrogen-bond acceptors (Lipinski definition) is 3. The number of aromatic amines is 1. The van der Waals surface area contributed by atoms with Gasteiger partial charge in [-0.25, -0.2) is 4.39 Å². The zero-order valence-corrected chi connectivity index (χ0v) is 11.8. The van der Waals surface area contributed by atoms with Crippen LogP contribution in [-0.2, 0) is 6.61 Å². The molecule has 21 heavy (non-hydrogen) atoms. The molecule has 0 saturated carbocycles. The fraction of sp³-hybridized carbons (Fsp3) is 0.267. The fourth-order valence-corrected chi connectivity index (χ4v) is 2.02. The number of ether oxygens (including phenoxy) is 1. The van der Waals surface area contributed by atoms with E-state index in [4.69, 9.17) is 9.84 Å². The van der Waals surface area contributed by atoms with Crippen LogP contribution in [0.3, 0.4) is 0 Å². The van der Waals surface area contributed by atoms with E-state index in [1.165, 1.54) is 19.2 Å². The molecule has 1 aromatic carbocycles. The molecule has 1 aromatic heterocycles. The molecule has 3 N–H and O–H groups in total. The Balaban J connectivity index is 2.28. The van der Waals surface area contributed by atoms with E-state index >= 15 is 0 Å². The van der Waals surface area contributed by atoms with Gasteiger partial charge in [0.05, 0.1) is 6.61 Å². The van der Waals surface area contributed by atoms with Crippen molar-refractivity contribution in [1.29, 1.82) is 0 Å². The number of carbonyl (C=O) groups excluding carboxylic acids is 1. The monoisotopic (exact) mass is 292 g/mol. The molecule has 2 rings (SSSR count). The summed E-state index contributed by atoms with van der Waals surface area (Å²) in [6, 6.07) is 7.82. The highest BCUT2D eigenvalue weighted by Gasteiger charge is 2.19. The lowest BCUT2D eigenvalue weighted by Gasteiger charge is -2.15. The summed E-state index contributed by atoms with van der Waals surface area (Å²) in [6.07, 6.45) is -0.572. The second-order valence-electron chi connectivity index (χ2n) is 4.55. The molecule has 0 aliphatic rings. The summed E-state index contributed by atoms with van der Waals surface area (Å²) >= 11 is 0. The number of benzene rings is 1. The van der Waals surface area contributed by atoms with Gasteiger partial charge in [0.2, 0.25) is 0 Å². The molecule has 1 atom stereocenters. The maximum atomic E-state index is 13.7. The van der Waals surface area contributed by atoms with Gasteiger partial charge in [-0.05, 0) is 13.0 Å². The SMILES string of the molecule is CNC(=O)c1[nH]c(CO)cc1O[C@@H](C)c1ccccc1F. The van der Waals surface area contributed by atoms with Crippen molar-refractivity contribution in [3.63, 3.8) is 0 Å². The molecule has 2 aromatic rings. The Bertz CT molecular complexity index is 640. The van der Waals surface area contributed by atoms with Crippen LogP contribution in [0.25, 0.3) is 0 Å². The number of hydrogen-bond donors (Lipinski definition) is 3. The van der Waals surface area contributed by atoms with Crippen LogP contribution < -0.4 is 10.1 Å². The summed E-state index contributed by atoms with van der Waals surface area (Å²) < 4.78 is 19.4. The van der Waals surface area contributed by atoms with E-state index < -0.39 is 6.10 Å². The minimum absolute atomic E-state index is 0.199. The highest BCUT2D eigenvalue weighted by atomic mass is 19.1. The average molecular weight is 292 g/mol. The quantitative estimate of drug-likeness (QED) is 0.790. The lowest BCUT2D eigenvalue weighted by Crippen LogP contribution is -2.19. The largest absolute Gasteiger partial charge is 0.483 e. The number of H-pyrrole nitrogens is 1. The molecule has 0 bridgehead atoms. The molecule has 5 nitrogen and oxygen atoms in total. The van der Waals surface area contributed by atoms with Gasteiger partial charge in [-0.3, -0.25) is 4.79 Å². The molecule has 6 heteroatoms. The predicted molar refractivity (Wildman–Crippen MR) is 75.5 cm³/mol. The second-order valence-corrected chi connectivity index (χ2v) is 4.55. The number of amides is 1. The van der Waals surface area contributed by atoms with E-state index in [0.29, 0.717) is 11.3 Å². The summed E-state index contributed by atoms with van der Waals surface area (Å²) in [5.41, 5.74) is 1.04. The second kappa shape index (κ2) is 6.41. The van der Waals surface area contributed by atoms with Gasteiger partial charge in [-0.2, -0.15) is 0 Å². The number of aliphatic hydroxyl groups is 1. The Morgan fingerprint density at radius 2 is 2.19 bits per heavy atom. The topological polar surface area (TPSA) is 74.4 Å². The number of aromatic nitrogens is 1. The molecule has 0 aliphatic carbocycles. The van der Waals surface area contributed by atoms with E-state index in [1.807, 2.05) is 0 Å². The molecular formula is C15H17FN2O3. The molecule has 1 amide bonds. The molecule has 0 saturated heterocycles. The van der Waals surface area contributed by atoms with E-state index in [1.54, 1.807) is 25.1 Å². The molecule has 1 heterocycles. The molecule has 0 spiro atoms. The Kier molecular flexibility index (Phi) is 4.59. The Morgan fingerprint density at radius 3 is 2.81 bits per heavy atom. The van der Waals surface area contributed by atoms with E-state index in [-0.39, 0.29) is 29.8 Å². The number of halogens is 1. The van der Waals surface area contributed by atoms with E-state index in [2.05, 4.69) is 10.3 Å². The maximum absolute atomic E-state index is 13.7. The Labute approximate surface area is 121 Å². The number of carbonyl (C=O) groups is 1. The lowest BCUT2D eigenvalue weighted by molar-refractivity contribution is 0.0951. The zero-order valence-electron chi connectivity index (χ0n) is 11.8. The van der Waals surface area contributed by atoms with Gasteiger partial charge in [0.15, 0.2) is 5.75 Å². The van der Waals surface area contributed by atoms with Gasteiger partial charge in [-0.15, -0.1) is 0 Å². The van der Waals surface area contributed by atoms with Crippen LogP contribution in [0.2, 0.25) is 0 Å². The first-order chi connectivity index (χ1) is 10.1. The molecule has 0 unspecified atom stereocenters. The van der Waals surface area contributed by atoms with Crippen LogP contribution in [0.5, 0.6) is 5.75 Å². The first-order valence-electron chi connectivity index (χ1n) is 6.52. The van der Waals surface area contributed by atoms with Gasteiger partial charge >= 0.3 is 0 Å². The first kappa shape index (κ1) is 15.1. The van der Waals surface area contributed by atoms with Gasteiger partial charge < -0.3 is 20.1 Å². The third-order valence-corrected chi connectivity index (χ3v) is 3.11. The normalized spacial score (nSPS) is 12.0. The van der Waals surface area contributed by atoms with Gasteiger partial charge in [0.1, 0.15) is 17.6 Å². The summed E-state index contributed by atoms with van der Waals surface area (Å²) in [7, 11) is 1.49. The Morgan fingerprint density at radius 1 is 1.48 bits per heavy atom. The first-order valence-corrected chi connectivity index (χ1v) is 6.52. The third-order valence-electron chi connectivity index (χ3n) is 3.11. The fourth-order valence-electron chi connectivity index (χ4n) is 2.02. The smallest absolute Gasteiger partial charge is 0.271 e. The lowest BCUT2D eigenvalue weighted by atomic mass is 10.1. The highest BCUT2D eigenvalue weighted by molar-refractivity contribution is 5.95. The standard InChI is InChI=1S/C15H17FN2O3/c1-9(11-5-3-4-6-12(11)16)21-13-7-10(8-19)18-14(13)15(20)17-2/h3-7,9,18-19H,8H2,1-2H3,(H,17,20)/t9-/m0/s1. The molecule has 112 valence electrons.